The zero-order chi connectivity index (χ0) is 18.5. The van der Waals surface area contributed by atoms with E-state index in [1.165, 1.54) is 6.07 Å². The Kier molecular flexibility index (Phi) is 6.04. The van der Waals surface area contributed by atoms with Crippen LogP contribution < -0.4 is 4.57 Å². The third-order valence-electron chi connectivity index (χ3n) is 3.69. The Hall–Kier alpha value is -2.21. The summed E-state index contributed by atoms with van der Waals surface area (Å²) in [6, 6.07) is 13.0. The fourth-order valence-electron chi connectivity index (χ4n) is 2.44. The predicted molar refractivity (Wildman–Crippen MR) is 104 cm³/mol. The molecule has 2 aromatic heterocycles. The maximum Gasteiger partial charge on any atom is 0.237 e. The van der Waals surface area contributed by atoms with E-state index in [2.05, 4.69) is 4.99 Å². The number of nitrogens with zero attached hydrogens (tertiary/aromatic N) is 2. The monoisotopic (exact) mass is 404 g/mol. The number of pyridine rings is 1. The number of aliphatic imine (C=N–C) groups is 1. The molecule has 0 spiro atoms. The molecule has 1 atom stereocenters. The topological polar surface area (TPSA) is 46.5 Å². The van der Waals surface area contributed by atoms with E-state index in [1.54, 1.807) is 47.5 Å². The third-order valence-corrected chi connectivity index (χ3v) is 4.59. The molecule has 7 heteroatoms. The summed E-state index contributed by atoms with van der Waals surface area (Å²) in [6.45, 7) is 0.261. The second kappa shape index (κ2) is 8.45. The van der Waals surface area contributed by atoms with Gasteiger partial charge in [0.1, 0.15) is 5.76 Å². The van der Waals surface area contributed by atoms with Gasteiger partial charge >= 0.3 is 0 Å². The van der Waals surface area contributed by atoms with Crippen LogP contribution in [0.25, 0.3) is 0 Å². The van der Waals surface area contributed by atoms with E-state index in [4.69, 9.17) is 40.2 Å². The van der Waals surface area contributed by atoms with Gasteiger partial charge in [0.05, 0.1) is 17.8 Å². The molecular formula is C19H14Cl2N2O2S. The second-order valence-corrected chi connectivity index (χ2v) is 6.71. The number of Topliss-reactive ketones (excluding diaryl/α,β-unsaturated/α-hetero) is 1. The van der Waals surface area contributed by atoms with Gasteiger partial charge < -0.3 is 22.0 Å². The standard InChI is InChI=1S/C19H14Cl2N2O2S/c20-13-6-7-15(16(21)11-13)18(24)17(23-8-2-1-3-9-23)19(26)22-12-14-5-4-10-25-14/h1-11,17H,12H2/t17-/m1/s1. The van der Waals surface area contributed by atoms with Crippen molar-refractivity contribution in [1.82, 2.24) is 0 Å². The van der Waals surface area contributed by atoms with Crippen LogP contribution in [0.5, 0.6) is 0 Å². The van der Waals surface area contributed by atoms with E-state index >= 15 is 0 Å². The van der Waals surface area contributed by atoms with E-state index < -0.39 is 6.04 Å². The average Bonchev–Trinajstić information content (AvgIpc) is 3.14. The van der Waals surface area contributed by atoms with E-state index in [-0.39, 0.29) is 22.4 Å². The van der Waals surface area contributed by atoms with E-state index in [0.717, 1.165) is 0 Å². The molecule has 3 aromatic rings. The highest BCUT2D eigenvalue weighted by Gasteiger charge is 2.29. The van der Waals surface area contributed by atoms with Crippen molar-refractivity contribution in [3.63, 3.8) is 0 Å². The molecule has 26 heavy (non-hydrogen) atoms. The largest absolute Gasteiger partial charge is 0.758 e. The number of rotatable bonds is 6. The van der Waals surface area contributed by atoms with Crippen LogP contribution in [-0.2, 0) is 19.2 Å². The SMILES string of the molecule is O=C(c1ccc(Cl)cc1Cl)[C@H](C([S-])=NCc1ccco1)[n+]1ccccc1. The average molecular weight is 405 g/mol. The third kappa shape index (κ3) is 4.30. The molecule has 2 heterocycles. The molecule has 0 saturated heterocycles. The Morgan fingerprint density at radius 1 is 1.15 bits per heavy atom. The number of ketones is 1. The van der Waals surface area contributed by atoms with Crippen LogP contribution in [0.3, 0.4) is 0 Å². The Morgan fingerprint density at radius 2 is 1.92 bits per heavy atom. The molecular weight excluding hydrogens is 391 g/mol. The number of benzene rings is 1. The molecule has 4 nitrogen and oxygen atoms in total. The van der Waals surface area contributed by atoms with Crippen molar-refractivity contribution in [1.29, 1.82) is 0 Å². The van der Waals surface area contributed by atoms with Gasteiger partial charge in [0.25, 0.3) is 0 Å². The molecule has 0 radical (unpaired) electrons. The number of aromatic nitrogens is 1. The number of hydrogen-bond acceptors (Lipinski definition) is 4. The first-order chi connectivity index (χ1) is 12.6. The van der Waals surface area contributed by atoms with Gasteiger partial charge in [-0.1, -0.05) is 29.3 Å². The second-order valence-electron chi connectivity index (χ2n) is 5.45. The van der Waals surface area contributed by atoms with Crippen molar-refractivity contribution in [2.75, 3.05) is 0 Å². The number of halogens is 2. The van der Waals surface area contributed by atoms with Crippen molar-refractivity contribution in [2.45, 2.75) is 12.6 Å². The maximum atomic E-state index is 13.2. The van der Waals surface area contributed by atoms with Gasteiger partial charge in [0, 0.05) is 22.7 Å². The van der Waals surface area contributed by atoms with E-state index in [0.29, 0.717) is 16.3 Å². The normalized spacial score (nSPS) is 12.8. The van der Waals surface area contributed by atoms with Gasteiger partial charge in [-0.3, -0.25) is 4.79 Å². The molecule has 1 aromatic carbocycles. The number of carbonyl (C=O) groups excluding carboxylic acids is 1. The summed E-state index contributed by atoms with van der Waals surface area (Å²) >= 11 is 17.6. The predicted octanol–water partition coefficient (Wildman–Crippen LogP) is 4.44. The van der Waals surface area contributed by atoms with Crippen molar-refractivity contribution < 1.29 is 13.8 Å². The van der Waals surface area contributed by atoms with Gasteiger partial charge in [-0.15, -0.1) is 0 Å². The van der Waals surface area contributed by atoms with Crippen molar-refractivity contribution in [2.24, 2.45) is 4.99 Å². The lowest BCUT2D eigenvalue weighted by Crippen LogP contribution is -2.47. The van der Waals surface area contributed by atoms with Crippen molar-refractivity contribution in [3.05, 3.63) is 88.6 Å². The zero-order valence-electron chi connectivity index (χ0n) is 13.5. The van der Waals surface area contributed by atoms with Crippen LogP contribution in [0, 0.1) is 0 Å². The summed E-state index contributed by atoms with van der Waals surface area (Å²) in [4.78, 5) is 17.5. The highest BCUT2D eigenvalue weighted by atomic mass is 35.5. The van der Waals surface area contributed by atoms with Crippen molar-refractivity contribution >= 4 is 46.7 Å². The smallest absolute Gasteiger partial charge is 0.237 e. The molecule has 0 N–H and O–H groups in total. The molecule has 0 aliphatic rings. The summed E-state index contributed by atoms with van der Waals surface area (Å²) in [5.41, 5.74) is 0.341. The molecule has 0 amide bonds. The van der Waals surface area contributed by atoms with Crippen LogP contribution in [0.2, 0.25) is 10.0 Å². The minimum absolute atomic E-state index is 0.244. The fourth-order valence-corrected chi connectivity index (χ4v) is 3.24. The lowest BCUT2D eigenvalue weighted by molar-refractivity contribution is -0.691. The van der Waals surface area contributed by atoms with Crippen LogP contribution in [0.4, 0.5) is 0 Å². The minimum atomic E-state index is -0.792. The van der Waals surface area contributed by atoms with Gasteiger partial charge in [0.15, 0.2) is 12.4 Å². The molecule has 0 saturated carbocycles. The molecule has 0 aliphatic carbocycles. The van der Waals surface area contributed by atoms with Gasteiger partial charge in [0.2, 0.25) is 11.8 Å². The summed E-state index contributed by atoms with van der Waals surface area (Å²) < 4.78 is 6.98. The molecule has 0 aliphatic heterocycles. The molecule has 0 bridgehead atoms. The van der Waals surface area contributed by atoms with Crippen LogP contribution in [0.1, 0.15) is 22.2 Å². The Morgan fingerprint density at radius 3 is 2.58 bits per heavy atom. The maximum absolute atomic E-state index is 13.2. The summed E-state index contributed by atoms with van der Waals surface area (Å²) in [7, 11) is 0. The Labute approximate surface area is 166 Å². The first-order valence-corrected chi connectivity index (χ1v) is 8.91. The number of furan rings is 1. The molecule has 0 fully saturated rings. The lowest BCUT2D eigenvalue weighted by Gasteiger charge is -2.19. The lowest BCUT2D eigenvalue weighted by atomic mass is 10.0. The number of hydrogen-bond donors (Lipinski definition) is 0. The number of carbonyl (C=O) groups is 1. The van der Waals surface area contributed by atoms with Gasteiger partial charge in [-0.05, 0) is 35.4 Å². The molecule has 132 valence electrons. The molecule has 0 unspecified atom stereocenters. The van der Waals surface area contributed by atoms with Gasteiger partial charge in [-0.2, -0.15) is 4.57 Å². The summed E-state index contributed by atoms with van der Waals surface area (Å²) in [6.07, 6.45) is 5.10. The quantitative estimate of drug-likeness (QED) is 0.200. The van der Waals surface area contributed by atoms with Crippen molar-refractivity contribution in [3.8, 4) is 0 Å². The summed E-state index contributed by atoms with van der Waals surface area (Å²) in [5.74, 6) is 0.414. The van der Waals surface area contributed by atoms with E-state index in [9.17, 15) is 4.79 Å². The highest BCUT2D eigenvalue weighted by Crippen LogP contribution is 2.24. The molecule has 3 rings (SSSR count). The Bertz CT molecular complexity index is 928. The minimum Gasteiger partial charge on any atom is -0.758 e. The zero-order valence-corrected chi connectivity index (χ0v) is 15.8. The first kappa shape index (κ1) is 18.6. The van der Waals surface area contributed by atoms with E-state index in [1.807, 2.05) is 18.2 Å². The Balaban J connectivity index is 1.98. The van der Waals surface area contributed by atoms with Crippen LogP contribution >= 0.6 is 23.2 Å². The first-order valence-electron chi connectivity index (χ1n) is 7.75. The highest BCUT2D eigenvalue weighted by molar-refractivity contribution is 7.77. The van der Waals surface area contributed by atoms with Gasteiger partial charge in [-0.25, -0.2) is 0 Å². The van der Waals surface area contributed by atoms with Crippen LogP contribution in [-0.4, -0.2) is 10.8 Å². The summed E-state index contributed by atoms with van der Waals surface area (Å²) in [5, 5.41) is 0.979. The van der Waals surface area contributed by atoms with Crippen LogP contribution in [0.15, 0.2) is 76.6 Å². The fraction of sp³-hybridized carbons (Fsp3) is 0.105.